The second kappa shape index (κ2) is 5.94. The Morgan fingerprint density at radius 3 is 3.05 bits per heavy atom. The van der Waals surface area contributed by atoms with E-state index in [1.807, 2.05) is 13.1 Å². The number of fused-ring (bicyclic) bond motifs is 1. The maximum absolute atomic E-state index is 11.6. The van der Waals surface area contributed by atoms with Gasteiger partial charge in [0.25, 0.3) is 0 Å². The molecule has 3 rings (SSSR count). The van der Waals surface area contributed by atoms with Gasteiger partial charge in [-0.1, -0.05) is 12.1 Å². The van der Waals surface area contributed by atoms with Crippen LogP contribution >= 0.6 is 0 Å². The van der Waals surface area contributed by atoms with Gasteiger partial charge in [-0.25, -0.2) is 0 Å². The fraction of sp³-hybridized carbons (Fsp3) is 0.562. The number of carbonyl (C=O) groups excluding carboxylic acids is 1. The van der Waals surface area contributed by atoms with Crippen molar-refractivity contribution in [1.29, 1.82) is 0 Å². The Balaban J connectivity index is 1.86. The van der Waals surface area contributed by atoms with Crippen molar-refractivity contribution in [1.82, 2.24) is 5.32 Å². The van der Waals surface area contributed by atoms with E-state index in [-0.39, 0.29) is 5.91 Å². The zero-order valence-electron chi connectivity index (χ0n) is 11.9. The lowest BCUT2D eigenvalue weighted by atomic mass is 9.90. The molecule has 2 N–H and O–H groups in total. The van der Waals surface area contributed by atoms with Gasteiger partial charge in [-0.3, -0.25) is 4.79 Å². The summed E-state index contributed by atoms with van der Waals surface area (Å²) in [5.41, 5.74) is 3.54. The Morgan fingerprint density at radius 1 is 1.40 bits per heavy atom. The maximum Gasteiger partial charge on any atom is 0.224 e. The first kappa shape index (κ1) is 13.6. The lowest BCUT2D eigenvalue weighted by molar-refractivity contribution is -0.116. The first-order valence-electron chi connectivity index (χ1n) is 7.45. The molecule has 1 fully saturated rings. The molecule has 1 amide bonds. The number of benzene rings is 1. The first-order chi connectivity index (χ1) is 9.78. The largest absolute Gasteiger partial charge is 0.381 e. The molecule has 0 aromatic heterocycles. The van der Waals surface area contributed by atoms with E-state index in [1.165, 1.54) is 11.1 Å². The zero-order valence-corrected chi connectivity index (χ0v) is 11.9. The van der Waals surface area contributed by atoms with Crippen molar-refractivity contribution in [3.05, 3.63) is 29.3 Å². The highest BCUT2D eigenvalue weighted by molar-refractivity contribution is 5.92. The fourth-order valence-electron chi connectivity index (χ4n) is 3.28. The third kappa shape index (κ3) is 2.72. The number of rotatable bonds is 3. The van der Waals surface area contributed by atoms with Crippen LogP contribution in [0.15, 0.2) is 18.2 Å². The number of ether oxygens (including phenoxy) is 1. The second-order valence-electron chi connectivity index (χ2n) is 5.71. The summed E-state index contributed by atoms with van der Waals surface area (Å²) < 4.78 is 5.51. The van der Waals surface area contributed by atoms with E-state index in [1.54, 1.807) is 0 Å². The van der Waals surface area contributed by atoms with Crippen LogP contribution in [0.4, 0.5) is 5.69 Å². The average molecular weight is 274 g/mol. The van der Waals surface area contributed by atoms with Gasteiger partial charge in [0.15, 0.2) is 0 Å². The van der Waals surface area contributed by atoms with Crippen molar-refractivity contribution in [3.63, 3.8) is 0 Å². The number of hydrogen-bond donors (Lipinski definition) is 2. The molecule has 0 bridgehead atoms. The SMILES string of the molecule is CNC(c1ccc2c(c1)CCCC(=O)N2)C1CCOC1. The summed E-state index contributed by atoms with van der Waals surface area (Å²) in [6.45, 7) is 1.70. The molecule has 1 aromatic carbocycles. The summed E-state index contributed by atoms with van der Waals surface area (Å²) in [5, 5.41) is 6.42. The van der Waals surface area contributed by atoms with Crippen LogP contribution in [-0.4, -0.2) is 26.2 Å². The van der Waals surface area contributed by atoms with Crippen molar-refractivity contribution in [2.24, 2.45) is 5.92 Å². The summed E-state index contributed by atoms with van der Waals surface area (Å²) in [7, 11) is 2.01. The van der Waals surface area contributed by atoms with E-state index >= 15 is 0 Å². The van der Waals surface area contributed by atoms with Gasteiger partial charge in [0.1, 0.15) is 0 Å². The molecule has 1 aromatic rings. The molecule has 2 unspecified atom stereocenters. The molecule has 0 aliphatic carbocycles. The van der Waals surface area contributed by atoms with Crippen LogP contribution in [-0.2, 0) is 16.0 Å². The van der Waals surface area contributed by atoms with Crippen LogP contribution in [0, 0.1) is 5.92 Å². The average Bonchev–Trinajstić information content (AvgIpc) is 2.89. The Hall–Kier alpha value is -1.39. The molecular formula is C16H22N2O2. The maximum atomic E-state index is 11.6. The van der Waals surface area contributed by atoms with E-state index in [0.29, 0.717) is 18.4 Å². The number of nitrogens with one attached hydrogen (secondary N) is 2. The smallest absolute Gasteiger partial charge is 0.224 e. The summed E-state index contributed by atoms with van der Waals surface area (Å²) in [6.07, 6.45) is 3.63. The molecule has 4 heteroatoms. The molecular weight excluding hydrogens is 252 g/mol. The van der Waals surface area contributed by atoms with Gasteiger partial charge in [-0.05, 0) is 43.5 Å². The van der Waals surface area contributed by atoms with Gasteiger partial charge in [0.05, 0.1) is 6.61 Å². The van der Waals surface area contributed by atoms with Crippen LogP contribution in [0.25, 0.3) is 0 Å². The molecule has 2 aliphatic rings. The third-order valence-electron chi connectivity index (χ3n) is 4.36. The van der Waals surface area contributed by atoms with E-state index in [0.717, 1.165) is 38.2 Å². The molecule has 20 heavy (non-hydrogen) atoms. The predicted octanol–water partition coefficient (Wildman–Crippen LogP) is 2.26. The number of carbonyl (C=O) groups is 1. The van der Waals surface area contributed by atoms with E-state index < -0.39 is 0 Å². The number of hydrogen-bond acceptors (Lipinski definition) is 3. The van der Waals surface area contributed by atoms with Gasteiger partial charge in [0.2, 0.25) is 5.91 Å². The second-order valence-corrected chi connectivity index (χ2v) is 5.71. The molecule has 2 aliphatic heterocycles. The zero-order chi connectivity index (χ0) is 13.9. The Bertz CT molecular complexity index is 495. The molecule has 4 nitrogen and oxygen atoms in total. The Labute approximate surface area is 119 Å². The van der Waals surface area contributed by atoms with Crippen molar-refractivity contribution in [2.45, 2.75) is 31.7 Å². The highest BCUT2D eigenvalue weighted by Crippen LogP contribution is 2.32. The lowest BCUT2D eigenvalue weighted by Crippen LogP contribution is -2.25. The van der Waals surface area contributed by atoms with E-state index in [4.69, 9.17) is 4.74 Å². The number of anilines is 1. The highest BCUT2D eigenvalue weighted by Gasteiger charge is 2.26. The minimum absolute atomic E-state index is 0.130. The fourth-order valence-corrected chi connectivity index (χ4v) is 3.28. The number of amides is 1. The quantitative estimate of drug-likeness (QED) is 0.889. The summed E-state index contributed by atoms with van der Waals surface area (Å²) in [4.78, 5) is 11.6. The Morgan fingerprint density at radius 2 is 2.30 bits per heavy atom. The van der Waals surface area contributed by atoms with Crippen molar-refractivity contribution in [2.75, 3.05) is 25.6 Å². The summed E-state index contributed by atoms with van der Waals surface area (Å²) >= 11 is 0. The van der Waals surface area contributed by atoms with Crippen LogP contribution in [0.1, 0.15) is 36.4 Å². The van der Waals surface area contributed by atoms with Crippen LogP contribution in [0.2, 0.25) is 0 Å². The lowest BCUT2D eigenvalue weighted by Gasteiger charge is -2.23. The summed E-state index contributed by atoms with van der Waals surface area (Å²) in [5.74, 6) is 0.671. The van der Waals surface area contributed by atoms with E-state index in [9.17, 15) is 4.79 Å². The van der Waals surface area contributed by atoms with Gasteiger partial charge in [-0.15, -0.1) is 0 Å². The van der Waals surface area contributed by atoms with E-state index in [2.05, 4.69) is 22.8 Å². The topological polar surface area (TPSA) is 50.4 Å². The van der Waals surface area contributed by atoms with Crippen molar-refractivity contribution < 1.29 is 9.53 Å². The number of aryl methyl sites for hydroxylation is 1. The monoisotopic (exact) mass is 274 g/mol. The molecule has 0 saturated carbocycles. The molecule has 2 heterocycles. The van der Waals surface area contributed by atoms with Crippen molar-refractivity contribution >= 4 is 11.6 Å². The third-order valence-corrected chi connectivity index (χ3v) is 4.36. The molecule has 0 radical (unpaired) electrons. The molecule has 1 saturated heterocycles. The molecule has 0 spiro atoms. The van der Waals surface area contributed by atoms with Gasteiger partial charge in [-0.2, -0.15) is 0 Å². The van der Waals surface area contributed by atoms with Crippen LogP contribution in [0.3, 0.4) is 0 Å². The normalized spacial score (nSPS) is 23.9. The minimum Gasteiger partial charge on any atom is -0.381 e. The molecule has 108 valence electrons. The van der Waals surface area contributed by atoms with Crippen LogP contribution in [0.5, 0.6) is 0 Å². The van der Waals surface area contributed by atoms with Gasteiger partial charge < -0.3 is 15.4 Å². The van der Waals surface area contributed by atoms with Gasteiger partial charge >= 0.3 is 0 Å². The van der Waals surface area contributed by atoms with Crippen molar-refractivity contribution in [3.8, 4) is 0 Å². The summed E-state index contributed by atoms with van der Waals surface area (Å²) in [6, 6.07) is 6.76. The van der Waals surface area contributed by atoms with Crippen LogP contribution < -0.4 is 10.6 Å². The highest BCUT2D eigenvalue weighted by atomic mass is 16.5. The first-order valence-corrected chi connectivity index (χ1v) is 7.45. The standard InChI is InChI=1S/C16H22N2O2/c1-17-16(13-7-8-20-10-13)12-5-6-14-11(9-12)3-2-4-15(19)18-14/h5-6,9,13,16-17H,2-4,7-8,10H2,1H3,(H,18,19). The minimum atomic E-state index is 0.130. The van der Waals surface area contributed by atoms with Gasteiger partial charge in [0, 0.05) is 30.7 Å². The predicted molar refractivity (Wildman–Crippen MR) is 78.7 cm³/mol. The Kier molecular flexibility index (Phi) is 4.03. The molecule has 2 atom stereocenters.